The number of ether oxygens (including phenoxy) is 2. The molecule has 0 saturated carbocycles. The summed E-state index contributed by atoms with van der Waals surface area (Å²) in [5.41, 5.74) is 2.24. The van der Waals surface area contributed by atoms with Crippen LogP contribution in [0.15, 0.2) is 41.5 Å². The first-order valence-corrected chi connectivity index (χ1v) is 9.06. The van der Waals surface area contributed by atoms with Crippen molar-refractivity contribution in [3.63, 3.8) is 0 Å². The molecule has 0 spiro atoms. The Labute approximate surface area is 158 Å². The molecule has 2 N–H and O–H groups in total. The highest BCUT2D eigenvalue weighted by molar-refractivity contribution is 6.29. The zero-order valence-corrected chi connectivity index (χ0v) is 15.6. The van der Waals surface area contributed by atoms with E-state index >= 15 is 0 Å². The predicted molar refractivity (Wildman–Crippen MR) is 103 cm³/mol. The van der Waals surface area contributed by atoms with E-state index in [4.69, 9.17) is 21.1 Å². The Morgan fingerprint density at radius 3 is 2.69 bits per heavy atom. The highest BCUT2D eigenvalue weighted by atomic mass is 35.5. The molecular weight excluding hydrogens is 352 g/mol. The lowest BCUT2D eigenvalue weighted by Crippen LogP contribution is -2.37. The third-order valence-electron chi connectivity index (χ3n) is 3.99. The van der Waals surface area contributed by atoms with Crippen molar-refractivity contribution in [1.82, 2.24) is 15.6 Å². The lowest BCUT2D eigenvalue weighted by Gasteiger charge is -2.13. The zero-order valence-electron chi connectivity index (χ0n) is 14.8. The summed E-state index contributed by atoms with van der Waals surface area (Å²) < 4.78 is 11.4. The van der Waals surface area contributed by atoms with Crippen LogP contribution in [0.3, 0.4) is 0 Å². The topological polar surface area (TPSA) is 67.8 Å². The number of fused-ring (bicyclic) bond motifs is 1. The van der Waals surface area contributed by atoms with Gasteiger partial charge in [0.2, 0.25) is 0 Å². The van der Waals surface area contributed by atoms with E-state index in [9.17, 15) is 0 Å². The largest absolute Gasteiger partial charge is 0.490 e. The molecule has 0 saturated heterocycles. The Morgan fingerprint density at radius 2 is 1.92 bits per heavy atom. The number of aromatic nitrogens is 1. The molecule has 138 valence electrons. The van der Waals surface area contributed by atoms with Gasteiger partial charge in [-0.3, -0.25) is 4.99 Å². The number of benzene rings is 1. The van der Waals surface area contributed by atoms with E-state index in [1.54, 1.807) is 19.3 Å². The smallest absolute Gasteiger partial charge is 0.191 e. The maximum absolute atomic E-state index is 5.80. The lowest BCUT2D eigenvalue weighted by atomic mass is 10.2. The van der Waals surface area contributed by atoms with Gasteiger partial charge in [0.1, 0.15) is 5.15 Å². The second-order valence-corrected chi connectivity index (χ2v) is 6.31. The van der Waals surface area contributed by atoms with Gasteiger partial charge in [0.25, 0.3) is 0 Å². The molecule has 0 aliphatic carbocycles. The van der Waals surface area contributed by atoms with Crippen molar-refractivity contribution in [3.8, 4) is 11.5 Å². The van der Waals surface area contributed by atoms with Gasteiger partial charge in [-0.15, -0.1) is 0 Å². The van der Waals surface area contributed by atoms with E-state index in [1.165, 1.54) is 0 Å². The summed E-state index contributed by atoms with van der Waals surface area (Å²) in [6, 6.07) is 9.79. The van der Waals surface area contributed by atoms with Crippen molar-refractivity contribution in [2.75, 3.05) is 26.8 Å². The Balaban J connectivity index is 1.48. The van der Waals surface area contributed by atoms with Gasteiger partial charge in [0, 0.05) is 32.8 Å². The van der Waals surface area contributed by atoms with Gasteiger partial charge in [0.05, 0.1) is 13.2 Å². The first-order valence-electron chi connectivity index (χ1n) is 8.68. The fraction of sp³-hybridized carbons (Fsp3) is 0.368. The summed E-state index contributed by atoms with van der Waals surface area (Å²) in [5.74, 6) is 2.37. The fourth-order valence-corrected chi connectivity index (χ4v) is 2.72. The minimum atomic E-state index is 0.509. The van der Waals surface area contributed by atoms with E-state index in [0.29, 0.717) is 24.9 Å². The maximum Gasteiger partial charge on any atom is 0.191 e. The molecule has 1 aromatic heterocycles. The van der Waals surface area contributed by atoms with Crippen LogP contribution >= 0.6 is 11.6 Å². The summed E-state index contributed by atoms with van der Waals surface area (Å²) >= 11 is 5.80. The maximum atomic E-state index is 5.80. The highest BCUT2D eigenvalue weighted by Gasteiger charge is 2.10. The summed E-state index contributed by atoms with van der Waals surface area (Å²) in [7, 11) is 1.76. The fourth-order valence-electron chi connectivity index (χ4n) is 2.60. The third-order valence-corrected chi connectivity index (χ3v) is 4.21. The van der Waals surface area contributed by atoms with Gasteiger partial charge in [-0.05, 0) is 35.7 Å². The van der Waals surface area contributed by atoms with Crippen molar-refractivity contribution in [2.45, 2.75) is 19.4 Å². The highest BCUT2D eigenvalue weighted by Crippen LogP contribution is 2.30. The van der Waals surface area contributed by atoms with Gasteiger partial charge in [0.15, 0.2) is 17.5 Å². The van der Waals surface area contributed by atoms with Gasteiger partial charge in [-0.2, -0.15) is 0 Å². The van der Waals surface area contributed by atoms with Crippen LogP contribution in [0.25, 0.3) is 0 Å². The molecule has 1 aliphatic rings. The SMILES string of the molecule is CN=C(NCCc1ccc(Cl)nc1)NCc1ccc2c(c1)OCCCO2. The van der Waals surface area contributed by atoms with Crippen LogP contribution in [0.4, 0.5) is 0 Å². The number of rotatable bonds is 5. The second-order valence-electron chi connectivity index (χ2n) is 5.92. The minimum Gasteiger partial charge on any atom is -0.490 e. The second kappa shape index (κ2) is 9.29. The van der Waals surface area contributed by atoms with Crippen LogP contribution in [0, 0.1) is 0 Å². The van der Waals surface area contributed by atoms with Crippen molar-refractivity contribution in [3.05, 3.63) is 52.8 Å². The van der Waals surface area contributed by atoms with Crippen LogP contribution in [0.5, 0.6) is 11.5 Å². The first kappa shape index (κ1) is 18.3. The van der Waals surface area contributed by atoms with E-state index < -0.39 is 0 Å². The molecule has 0 radical (unpaired) electrons. The molecule has 3 rings (SSSR count). The van der Waals surface area contributed by atoms with E-state index in [2.05, 4.69) is 20.6 Å². The Kier molecular flexibility index (Phi) is 6.55. The molecule has 7 heteroatoms. The minimum absolute atomic E-state index is 0.509. The predicted octanol–water partition coefficient (Wildman–Crippen LogP) is 2.80. The molecule has 2 aromatic rings. The molecule has 0 bridgehead atoms. The number of nitrogens with one attached hydrogen (secondary N) is 2. The number of halogens is 1. The molecule has 6 nitrogen and oxygen atoms in total. The number of guanidine groups is 1. The lowest BCUT2D eigenvalue weighted by molar-refractivity contribution is 0.297. The van der Waals surface area contributed by atoms with Crippen LogP contribution in [0.1, 0.15) is 17.5 Å². The Hall–Kier alpha value is -2.47. The Morgan fingerprint density at radius 1 is 1.12 bits per heavy atom. The Bertz CT molecular complexity index is 750. The number of aliphatic imine (C=N–C) groups is 1. The molecule has 26 heavy (non-hydrogen) atoms. The molecular formula is C19H23ClN4O2. The summed E-state index contributed by atoms with van der Waals surface area (Å²) in [6.07, 6.45) is 3.54. The molecule has 1 aliphatic heterocycles. The third kappa shape index (κ3) is 5.26. The number of hydrogen-bond donors (Lipinski definition) is 2. The summed E-state index contributed by atoms with van der Waals surface area (Å²) in [4.78, 5) is 8.34. The molecule has 1 aromatic carbocycles. The van der Waals surface area contributed by atoms with Gasteiger partial charge in [-0.1, -0.05) is 23.7 Å². The molecule has 0 atom stereocenters. The average molecular weight is 375 g/mol. The number of pyridine rings is 1. The average Bonchev–Trinajstić information content (AvgIpc) is 2.91. The summed E-state index contributed by atoms with van der Waals surface area (Å²) in [5, 5.41) is 7.12. The number of hydrogen-bond acceptors (Lipinski definition) is 4. The van der Waals surface area contributed by atoms with Gasteiger partial charge < -0.3 is 20.1 Å². The number of nitrogens with zero attached hydrogens (tertiary/aromatic N) is 2. The molecule has 2 heterocycles. The van der Waals surface area contributed by atoms with Gasteiger partial charge in [-0.25, -0.2) is 4.98 Å². The van der Waals surface area contributed by atoms with E-state index in [1.807, 2.05) is 24.3 Å². The zero-order chi connectivity index (χ0) is 18.2. The summed E-state index contributed by atoms with van der Waals surface area (Å²) in [6.45, 7) is 2.79. The van der Waals surface area contributed by atoms with Gasteiger partial charge >= 0.3 is 0 Å². The van der Waals surface area contributed by atoms with Crippen LogP contribution in [-0.4, -0.2) is 37.7 Å². The first-order chi connectivity index (χ1) is 12.7. The van der Waals surface area contributed by atoms with Crippen molar-refractivity contribution >= 4 is 17.6 Å². The molecule has 0 amide bonds. The van der Waals surface area contributed by atoms with Crippen LogP contribution in [0.2, 0.25) is 5.15 Å². The normalized spacial score (nSPS) is 13.8. The standard InChI is InChI=1S/C19H23ClN4O2/c1-21-19(22-8-7-14-4-6-18(20)23-12-14)24-13-15-3-5-16-17(11-15)26-10-2-9-25-16/h3-6,11-12H,2,7-10,13H2,1H3,(H2,21,22,24). The van der Waals surface area contributed by atoms with Crippen molar-refractivity contribution in [2.24, 2.45) is 4.99 Å². The van der Waals surface area contributed by atoms with Crippen molar-refractivity contribution in [1.29, 1.82) is 0 Å². The quantitative estimate of drug-likeness (QED) is 0.478. The van der Waals surface area contributed by atoms with Crippen LogP contribution < -0.4 is 20.1 Å². The van der Waals surface area contributed by atoms with E-state index in [0.717, 1.165) is 48.0 Å². The molecule has 0 fully saturated rings. The van der Waals surface area contributed by atoms with E-state index in [-0.39, 0.29) is 0 Å². The molecule has 0 unspecified atom stereocenters. The van der Waals surface area contributed by atoms with Crippen LogP contribution in [-0.2, 0) is 13.0 Å². The van der Waals surface area contributed by atoms with Crippen molar-refractivity contribution < 1.29 is 9.47 Å². The monoisotopic (exact) mass is 374 g/mol.